The van der Waals surface area contributed by atoms with Gasteiger partial charge in [0.2, 0.25) is 0 Å². The molecule has 4 rings (SSSR count). The van der Waals surface area contributed by atoms with E-state index in [0.29, 0.717) is 22.5 Å². The van der Waals surface area contributed by atoms with Gasteiger partial charge in [0.1, 0.15) is 0 Å². The Labute approximate surface area is 191 Å². The number of thiazole rings is 1. The molecular formula is C25H25N3OS2. The molecule has 0 bridgehead atoms. The molecule has 0 N–H and O–H groups in total. The first-order chi connectivity index (χ1) is 14.9. The van der Waals surface area contributed by atoms with Gasteiger partial charge in [0.05, 0.1) is 16.8 Å². The number of thioether (sulfide) groups is 1. The summed E-state index contributed by atoms with van der Waals surface area (Å²) in [5.74, 6) is -0.0532. The maximum absolute atomic E-state index is 13.7. The van der Waals surface area contributed by atoms with Gasteiger partial charge in [-0.25, -0.2) is 4.98 Å². The third kappa shape index (κ3) is 4.97. The number of hydrogen-bond acceptors (Lipinski definition) is 5. The second-order valence-corrected chi connectivity index (χ2v) is 10.5. The van der Waals surface area contributed by atoms with E-state index in [1.165, 1.54) is 11.1 Å². The maximum Gasteiger partial charge on any atom is 0.260 e. The number of aromatic nitrogens is 2. The van der Waals surface area contributed by atoms with E-state index >= 15 is 0 Å². The standard InChI is InChI=1S/C25H25N3OS2/c1-16(2)30-21-9-5-8-20(13-21)24(29)28(15-19-7-6-10-26-14-19)25-27-22-11-17(3)18(4)12-23(22)31-25/h5-14,16H,15H2,1-4H3. The average molecular weight is 448 g/mol. The SMILES string of the molecule is Cc1cc2nc(N(Cc3cccnc3)C(=O)c3cccc(SC(C)C)c3)sc2cc1C. The Hall–Kier alpha value is -2.70. The van der Waals surface area contributed by atoms with Crippen molar-refractivity contribution >= 4 is 44.4 Å². The Kier molecular flexibility index (Phi) is 6.39. The fourth-order valence-corrected chi connectivity index (χ4v) is 5.25. The molecule has 0 aliphatic carbocycles. The highest BCUT2D eigenvalue weighted by molar-refractivity contribution is 7.99. The van der Waals surface area contributed by atoms with Crippen molar-refractivity contribution in [2.75, 3.05) is 4.90 Å². The lowest BCUT2D eigenvalue weighted by Gasteiger charge is -2.20. The van der Waals surface area contributed by atoms with Crippen LogP contribution in [0.15, 0.2) is 65.8 Å². The van der Waals surface area contributed by atoms with Crippen LogP contribution in [0.25, 0.3) is 10.2 Å². The van der Waals surface area contributed by atoms with Gasteiger partial charge >= 0.3 is 0 Å². The van der Waals surface area contributed by atoms with Gasteiger partial charge in [0, 0.05) is 28.1 Å². The molecule has 0 saturated carbocycles. The molecule has 0 atom stereocenters. The highest BCUT2D eigenvalue weighted by atomic mass is 32.2. The zero-order valence-electron chi connectivity index (χ0n) is 18.1. The van der Waals surface area contributed by atoms with Crippen molar-refractivity contribution < 1.29 is 4.79 Å². The average Bonchev–Trinajstić information content (AvgIpc) is 3.14. The maximum atomic E-state index is 13.7. The zero-order chi connectivity index (χ0) is 22.0. The minimum absolute atomic E-state index is 0.0532. The fraction of sp³-hybridized carbons (Fsp3) is 0.240. The third-order valence-electron chi connectivity index (χ3n) is 4.98. The van der Waals surface area contributed by atoms with Gasteiger partial charge in [0.15, 0.2) is 5.13 Å². The summed E-state index contributed by atoms with van der Waals surface area (Å²) < 4.78 is 1.09. The number of hydrogen-bond donors (Lipinski definition) is 0. The van der Waals surface area contributed by atoms with Gasteiger partial charge < -0.3 is 0 Å². The molecule has 1 amide bonds. The van der Waals surface area contributed by atoms with Crippen LogP contribution in [0.2, 0.25) is 0 Å². The quantitative estimate of drug-likeness (QED) is 0.310. The van der Waals surface area contributed by atoms with Gasteiger partial charge in [-0.2, -0.15) is 0 Å². The first kappa shape index (κ1) is 21.5. The number of pyridine rings is 1. The molecule has 0 aliphatic rings. The molecule has 0 fully saturated rings. The van der Waals surface area contributed by atoms with E-state index in [9.17, 15) is 4.79 Å². The number of fused-ring (bicyclic) bond motifs is 1. The monoisotopic (exact) mass is 447 g/mol. The van der Waals surface area contributed by atoms with Crippen LogP contribution in [0.4, 0.5) is 5.13 Å². The molecule has 0 saturated heterocycles. The molecule has 4 nitrogen and oxygen atoms in total. The molecule has 0 spiro atoms. The number of benzene rings is 2. The fourth-order valence-electron chi connectivity index (χ4n) is 3.31. The summed E-state index contributed by atoms with van der Waals surface area (Å²) in [6.45, 7) is 8.92. The lowest BCUT2D eigenvalue weighted by molar-refractivity contribution is 0.0985. The predicted octanol–water partition coefficient (Wildman–Crippen LogP) is 6.66. The summed E-state index contributed by atoms with van der Waals surface area (Å²) in [6.07, 6.45) is 3.54. The molecule has 158 valence electrons. The van der Waals surface area contributed by atoms with Crippen LogP contribution in [0.3, 0.4) is 0 Å². The number of aryl methyl sites for hydroxylation is 2. The summed E-state index contributed by atoms with van der Waals surface area (Å²) in [6, 6.07) is 16.0. The minimum Gasteiger partial charge on any atom is -0.279 e. The highest BCUT2D eigenvalue weighted by Crippen LogP contribution is 2.33. The predicted molar refractivity (Wildman–Crippen MR) is 131 cm³/mol. The first-order valence-corrected chi connectivity index (χ1v) is 12.0. The molecular weight excluding hydrogens is 422 g/mol. The van der Waals surface area contributed by atoms with E-state index in [1.54, 1.807) is 40.4 Å². The molecule has 2 aromatic carbocycles. The largest absolute Gasteiger partial charge is 0.279 e. The lowest BCUT2D eigenvalue weighted by atomic mass is 10.1. The highest BCUT2D eigenvalue weighted by Gasteiger charge is 2.22. The molecule has 6 heteroatoms. The van der Waals surface area contributed by atoms with Gasteiger partial charge in [-0.15, -0.1) is 11.8 Å². The van der Waals surface area contributed by atoms with Crippen LogP contribution in [-0.2, 0) is 6.54 Å². The Bertz CT molecular complexity index is 1180. The van der Waals surface area contributed by atoms with Crippen LogP contribution in [0, 0.1) is 13.8 Å². The third-order valence-corrected chi connectivity index (χ3v) is 7.02. The number of carbonyl (C=O) groups is 1. The topological polar surface area (TPSA) is 46.1 Å². The second-order valence-electron chi connectivity index (χ2n) is 7.85. The van der Waals surface area contributed by atoms with Crippen molar-refractivity contribution in [2.45, 2.75) is 44.4 Å². The molecule has 0 unspecified atom stereocenters. The van der Waals surface area contributed by atoms with E-state index in [2.05, 4.69) is 50.9 Å². The van der Waals surface area contributed by atoms with Crippen molar-refractivity contribution in [1.29, 1.82) is 0 Å². The first-order valence-electron chi connectivity index (χ1n) is 10.3. The molecule has 2 aromatic heterocycles. The molecule has 0 aliphatic heterocycles. The van der Waals surface area contributed by atoms with Gasteiger partial charge in [0.25, 0.3) is 5.91 Å². The number of nitrogens with zero attached hydrogens (tertiary/aromatic N) is 3. The summed E-state index contributed by atoms with van der Waals surface area (Å²) in [4.78, 5) is 25.6. The van der Waals surface area contributed by atoms with Crippen LogP contribution in [0.1, 0.15) is 40.9 Å². The lowest BCUT2D eigenvalue weighted by Crippen LogP contribution is -2.30. The van der Waals surface area contributed by atoms with E-state index in [-0.39, 0.29) is 5.91 Å². The summed E-state index contributed by atoms with van der Waals surface area (Å²) in [5.41, 5.74) is 4.99. The van der Waals surface area contributed by atoms with Crippen LogP contribution < -0.4 is 4.90 Å². The molecule has 31 heavy (non-hydrogen) atoms. The Morgan fingerprint density at radius 2 is 1.90 bits per heavy atom. The van der Waals surface area contributed by atoms with E-state index < -0.39 is 0 Å². The number of anilines is 1. The van der Waals surface area contributed by atoms with Gasteiger partial charge in [-0.05, 0) is 66.9 Å². The van der Waals surface area contributed by atoms with Crippen molar-refractivity contribution in [3.63, 3.8) is 0 Å². The van der Waals surface area contributed by atoms with Gasteiger partial charge in [-0.1, -0.05) is 37.3 Å². The Morgan fingerprint density at radius 3 is 2.65 bits per heavy atom. The van der Waals surface area contributed by atoms with Crippen LogP contribution in [-0.4, -0.2) is 21.1 Å². The van der Waals surface area contributed by atoms with Gasteiger partial charge in [-0.3, -0.25) is 14.7 Å². The van der Waals surface area contributed by atoms with Crippen molar-refractivity contribution in [2.24, 2.45) is 0 Å². The smallest absolute Gasteiger partial charge is 0.260 e. The second kappa shape index (κ2) is 9.20. The summed E-state index contributed by atoms with van der Waals surface area (Å²) in [7, 11) is 0. The van der Waals surface area contributed by atoms with E-state index in [0.717, 1.165) is 20.7 Å². The van der Waals surface area contributed by atoms with Crippen LogP contribution in [0.5, 0.6) is 0 Å². The number of carbonyl (C=O) groups excluding carboxylic acids is 1. The van der Waals surface area contributed by atoms with Crippen molar-refractivity contribution in [1.82, 2.24) is 9.97 Å². The molecule has 4 aromatic rings. The van der Waals surface area contributed by atoms with Crippen molar-refractivity contribution in [3.8, 4) is 0 Å². The number of amides is 1. The molecule has 0 radical (unpaired) electrons. The zero-order valence-corrected chi connectivity index (χ0v) is 19.8. The van der Waals surface area contributed by atoms with E-state index in [4.69, 9.17) is 4.98 Å². The number of rotatable bonds is 6. The normalized spacial score (nSPS) is 11.3. The summed E-state index contributed by atoms with van der Waals surface area (Å²) in [5, 5.41) is 1.16. The van der Waals surface area contributed by atoms with Crippen LogP contribution >= 0.6 is 23.1 Å². The van der Waals surface area contributed by atoms with E-state index in [1.807, 2.05) is 30.3 Å². The molecule has 2 heterocycles. The summed E-state index contributed by atoms with van der Waals surface area (Å²) >= 11 is 3.31. The minimum atomic E-state index is -0.0532. The Balaban J connectivity index is 1.75. The van der Waals surface area contributed by atoms with Crippen molar-refractivity contribution in [3.05, 3.63) is 83.2 Å². The Morgan fingerprint density at radius 1 is 1.10 bits per heavy atom.